The molecular weight excluding hydrogens is 318 g/mol. The van der Waals surface area contributed by atoms with E-state index >= 15 is 0 Å². The molecule has 0 aliphatic carbocycles. The van der Waals surface area contributed by atoms with Crippen molar-refractivity contribution in [2.75, 3.05) is 7.11 Å². The first-order valence-corrected chi connectivity index (χ1v) is 8.06. The molecule has 3 heterocycles. The lowest BCUT2D eigenvalue weighted by atomic mass is 10.1. The average molecular weight is 335 g/mol. The Kier molecular flexibility index (Phi) is 3.77. The monoisotopic (exact) mass is 335 g/mol. The lowest BCUT2D eigenvalue weighted by Crippen LogP contribution is -2.20. The zero-order valence-corrected chi connectivity index (χ0v) is 14.0. The van der Waals surface area contributed by atoms with Crippen molar-refractivity contribution in [1.29, 1.82) is 0 Å². The van der Waals surface area contributed by atoms with Gasteiger partial charge in [0.1, 0.15) is 5.52 Å². The van der Waals surface area contributed by atoms with E-state index in [2.05, 4.69) is 15.3 Å². The summed E-state index contributed by atoms with van der Waals surface area (Å²) in [6.45, 7) is 2.84. The van der Waals surface area contributed by atoms with Crippen molar-refractivity contribution in [2.45, 2.75) is 20.1 Å². The zero-order valence-electron chi connectivity index (χ0n) is 14.0. The van der Waals surface area contributed by atoms with E-state index in [9.17, 15) is 4.79 Å². The Labute approximate surface area is 143 Å². The minimum Gasteiger partial charge on any atom is -0.378 e. The number of hydrogen-bond acceptors (Lipinski definition) is 5. The van der Waals surface area contributed by atoms with Crippen LogP contribution < -0.4 is 5.56 Å². The van der Waals surface area contributed by atoms with E-state index in [4.69, 9.17) is 4.74 Å². The lowest BCUT2D eigenvalue weighted by molar-refractivity contribution is 0.181. The largest absolute Gasteiger partial charge is 0.378 e. The molecular formula is C18H17N5O2. The number of aryl methyl sites for hydroxylation is 1. The van der Waals surface area contributed by atoms with Crippen molar-refractivity contribution in [3.63, 3.8) is 0 Å². The van der Waals surface area contributed by atoms with Gasteiger partial charge in [-0.25, -0.2) is 4.52 Å². The highest BCUT2D eigenvalue weighted by Crippen LogP contribution is 2.28. The van der Waals surface area contributed by atoms with Gasteiger partial charge in [0.05, 0.1) is 17.9 Å². The number of fused-ring (bicyclic) bond motifs is 3. The Morgan fingerprint density at radius 1 is 1.12 bits per heavy atom. The summed E-state index contributed by atoms with van der Waals surface area (Å²) in [5.41, 5.74) is 4.01. The number of aromatic nitrogens is 5. The van der Waals surface area contributed by atoms with Crippen LogP contribution in [0, 0.1) is 0 Å². The van der Waals surface area contributed by atoms with Gasteiger partial charge in [0.15, 0.2) is 11.2 Å². The predicted molar refractivity (Wildman–Crippen MR) is 94.4 cm³/mol. The molecule has 0 saturated heterocycles. The van der Waals surface area contributed by atoms with Crippen LogP contribution in [0.1, 0.15) is 12.6 Å². The molecule has 3 aromatic heterocycles. The van der Waals surface area contributed by atoms with Gasteiger partial charge in [0.2, 0.25) is 0 Å². The van der Waals surface area contributed by atoms with Crippen molar-refractivity contribution >= 4 is 16.7 Å². The standard InChI is InChI=1S/C18H17N5O2/c1-3-22-10-9-14-16(18(22)24)19-20-17-15(12-7-5-4-6-8-12)13(11-25-2)21-23(14)17/h4-10H,3,11H2,1-2H3. The van der Waals surface area contributed by atoms with Gasteiger partial charge in [-0.3, -0.25) is 4.79 Å². The highest BCUT2D eigenvalue weighted by molar-refractivity contribution is 5.84. The molecule has 4 rings (SSSR count). The van der Waals surface area contributed by atoms with Crippen molar-refractivity contribution in [3.05, 3.63) is 58.6 Å². The summed E-state index contributed by atoms with van der Waals surface area (Å²) >= 11 is 0. The van der Waals surface area contributed by atoms with Gasteiger partial charge in [-0.15, -0.1) is 10.2 Å². The van der Waals surface area contributed by atoms with Crippen LogP contribution in [0.15, 0.2) is 47.4 Å². The van der Waals surface area contributed by atoms with Gasteiger partial charge >= 0.3 is 0 Å². The molecule has 0 atom stereocenters. The fourth-order valence-corrected chi connectivity index (χ4v) is 3.02. The van der Waals surface area contributed by atoms with Gasteiger partial charge in [-0.1, -0.05) is 30.3 Å². The molecule has 7 heteroatoms. The highest BCUT2D eigenvalue weighted by Gasteiger charge is 2.19. The van der Waals surface area contributed by atoms with Crippen LogP contribution in [0.4, 0.5) is 0 Å². The summed E-state index contributed by atoms with van der Waals surface area (Å²) in [6.07, 6.45) is 1.76. The van der Waals surface area contributed by atoms with Crippen molar-refractivity contribution < 1.29 is 4.74 Å². The molecule has 126 valence electrons. The van der Waals surface area contributed by atoms with Crippen LogP contribution >= 0.6 is 0 Å². The number of pyridine rings is 1. The number of methoxy groups -OCH3 is 1. The molecule has 0 amide bonds. The van der Waals surface area contributed by atoms with E-state index in [0.717, 1.165) is 16.8 Å². The summed E-state index contributed by atoms with van der Waals surface area (Å²) in [7, 11) is 1.63. The maximum absolute atomic E-state index is 12.5. The van der Waals surface area contributed by atoms with E-state index in [1.807, 2.05) is 43.3 Å². The summed E-state index contributed by atoms with van der Waals surface area (Å²) in [5.74, 6) is 0. The van der Waals surface area contributed by atoms with Crippen LogP contribution in [0.25, 0.3) is 27.8 Å². The molecule has 0 bridgehead atoms. The average Bonchev–Trinajstić information content (AvgIpc) is 3.01. The maximum atomic E-state index is 12.5. The van der Waals surface area contributed by atoms with Crippen LogP contribution in [0.3, 0.4) is 0 Å². The summed E-state index contributed by atoms with van der Waals surface area (Å²) in [4.78, 5) is 12.5. The molecule has 7 nitrogen and oxygen atoms in total. The van der Waals surface area contributed by atoms with E-state index in [-0.39, 0.29) is 5.56 Å². The van der Waals surface area contributed by atoms with E-state index < -0.39 is 0 Å². The molecule has 0 aliphatic rings. The summed E-state index contributed by atoms with van der Waals surface area (Å²) in [5, 5.41) is 13.1. The smallest absolute Gasteiger partial charge is 0.280 e. The molecule has 0 spiro atoms. The Morgan fingerprint density at radius 3 is 2.64 bits per heavy atom. The normalized spacial score (nSPS) is 11.4. The summed E-state index contributed by atoms with van der Waals surface area (Å²) < 4.78 is 8.58. The molecule has 4 aromatic rings. The molecule has 0 unspecified atom stereocenters. The van der Waals surface area contributed by atoms with Crippen LogP contribution in [-0.4, -0.2) is 31.5 Å². The maximum Gasteiger partial charge on any atom is 0.280 e. The SMILES string of the molecule is CCn1ccc2c(nnc3c(-c4ccccc4)c(COC)nn32)c1=O. The Balaban J connectivity index is 2.09. The molecule has 25 heavy (non-hydrogen) atoms. The predicted octanol–water partition coefficient (Wildman–Crippen LogP) is 2.27. The first kappa shape index (κ1) is 15.5. The summed E-state index contributed by atoms with van der Waals surface area (Å²) in [6, 6.07) is 11.7. The number of hydrogen-bond donors (Lipinski definition) is 0. The van der Waals surface area contributed by atoms with Crippen LogP contribution in [0.5, 0.6) is 0 Å². The van der Waals surface area contributed by atoms with Gasteiger partial charge < -0.3 is 9.30 Å². The molecule has 0 N–H and O–H groups in total. The number of nitrogens with zero attached hydrogens (tertiary/aromatic N) is 5. The molecule has 1 aromatic carbocycles. The van der Waals surface area contributed by atoms with E-state index in [1.165, 1.54) is 0 Å². The third-order valence-corrected chi connectivity index (χ3v) is 4.21. The Morgan fingerprint density at radius 2 is 1.92 bits per heavy atom. The van der Waals surface area contributed by atoms with Gasteiger partial charge in [0.25, 0.3) is 5.56 Å². The molecule has 0 saturated carbocycles. The van der Waals surface area contributed by atoms with Crippen molar-refractivity contribution in [3.8, 4) is 11.1 Å². The topological polar surface area (TPSA) is 74.3 Å². The zero-order chi connectivity index (χ0) is 17.4. The molecule has 0 aliphatic heterocycles. The third-order valence-electron chi connectivity index (χ3n) is 4.21. The van der Waals surface area contributed by atoms with Crippen LogP contribution in [0.2, 0.25) is 0 Å². The van der Waals surface area contributed by atoms with E-state index in [1.54, 1.807) is 22.4 Å². The fraction of sp³-hybridized carbons (Fsp3) is 0.222. The minimum atomic E-state index is -0.167. The number of ether oxygens (including phenoxy) is 1. The quantitative estimate of drug-likeness (QED) is 0.572. The molecule has 0 radical (unpaired) electrons. The minimum absolute atomic E-state index is 0.167. The Bertz CT molecular complexity index is 1120. The van der Waals surface area contributed by atoms with E-state index in [0.29, 0.717) is 29.8 Å². The van der Waals surface area contributed by atoms with Crippen LogP contribution in [-0.2, 0) is 17.9 Å². The van der Waals surface area contributed by atoms with Crippen molar-refractivity contribution in [1.82, 2.24) is 24.4 Å². The first-order valence-electron chi connectivity index (χ1n) is 8.06. The third kappa shape index (κ3) is 2.40. The second kappa shape index (κ2) is 6.10. The fourth-order valence-electron chi connectivity index (χ4n) is 3.02. The van der Waals surface area contributed by atoms with Crippen molar-refractivity contribution in [2.24, 2.45) is 0 Å². The second-order valence-corrected chi connectivity index (χ2v) is 5.70. The van der Waals surface area contributed by atoms with Gasteiger partial charge in [-0.05, 0) is 18.6 Å². The number of benzene rings is 1. The van der Waals surface area contributed by atoms with Gasteiger partial charge in [-0.2, -0.15) is 5.10 Å². The first-order chi connectivity index (χ1) is 12.2. The molecule has 0 fully saturated rings. The highest BCUT2D eigenvalue weighted by atomic mass is 16.5. The second-order valence-electron chi connectivity index (χ2n) is 5.70. The van der Waals surface area contributed by atoms with Gasteiger partial charge in [0, 0.05) is 19.9 Å². The lowest BCUT2D eigenvalue weighted by Gasteiger charge is -2.04. The number of rotatable bonds is 4. The Hall–Kier alpha value is -3.06.